The molecule has 2 amide bonds. The Balaban J connectivity index is 2.11. The predicted octanol–water partition coefficient (Wildman–Crippen LogP) is 5.18. The second-order valence-corrected chi connectivity index (χ2v) is 9.20. The first-order chi connectivity index (χ1) is 14.8. The zero-order valence-electron chi connectivity index (χ0n) is 19.5. The van der Waals surface area contributed by atoms with Crippen LogP contribution in [-0.4, -0.2) is 35.1 Å². The number of nitrogens with one attached hydrogen (secondary N) is 1. The van der Waals surface area contributed by atoms with E-state index in [1.54, 1.807) is 16.7 Å². The van der Waals surface area contributed by atoms with E-state index in [0.717, 1.165) is 17.7 Å². The number of carbonyl (C=O) groups is 2. The van der Waals surface area contributed by atoms with Crippen molar-refractivity contribution in [3.8, 4) is 0 Å². The van der Waals surface area contributed by atoms with Gasteiger partial charge in [0.15, 0.2) is 0 Å². The van der Waals surface area contributed by atoms with Crippen LogP contribution in [0.15, 0.2) is 42.5 Å². The van der Waals surface area contributed by atoms with Gasteiger partial charge in [-0.3, -0.25) is 9.59 Å². The van der Waals surface area contributed by atoms with Gasteiger partial charge < -0.3 is 10.2 Å². The summed E-state index contributed by atoms with van der Waals surface area (Å²) in [6, 6.07) is 14.2. The average Bonchev–Trinajstić information content (AvgIpc) is 2.72. The minimum atomic E-state index is -0.456. The van der Waals surface area contributed by atoms with Crippen molar-refractivity contribution < 1.29 is 9.59 Å². The van der Waals surface area contributed by atoms with Gasteiger partial charge in [0.25, 0.3) is 0 Å². The molecule has 0 saturated heterocycles. The van der Waals surface area contributed by atoms with E-state index in [9.17, 15) is 9.59 Å². The van der Waals surface area contributed by atoms with Crippen molar-refractivity contribution in [2.24, 2.45) is 0 Å². The summed E-state index contributed by atoms with van der Waals surface area (Å²) < 4.78 is 0. The second-order valence-electron chi connectivity index (χ2n) is 8.21. The third-order valence-corrected chi connectivity index (χ3v) is 6.17. The number of benzene rings is 2. The van der Waals surface area contributed by atoms with E-state index in [4.69, 9.17) is 0 Å². The molecule has 5 heteroatoms. The molecule has 0 bridgehead atoms. The summed E-state index contributed by atoms with van der Waals surface area (Å²) in [4.78, 5) is 27.8. The molecule has 0 fully saturated rings. The minimum Gasteiger partial charge on any atom is -0.354 e. The molecule has 0 aromatic heterocycles. The van der Waals surface area contributed by atoms with Gasteiger partial charge in [-0.15, -0.1) is 11.8 Å². The fourth-order valence-corrected chi connectivity index (χ4v) is 4.51. The smallest absolute Gasteiger partial charge is 0.242 e. The molecule has 2 aromatic rings. The van der Waals surface area contributed by atoms with Gasteiger partial charge in [-0.25, -0.2) is 0 Å². The lowest BCUT2D eigenvalue weighted by molar-refractivity contribution is -0.139. The van der Waals surface area contributed by atoms with Gasteiger partial charge in [-0.1, -0.05) is 73.0 Å². The summed E-state index contributed by atoms with van der Waals surface area (Å²) in [5.74, 6) is 1.08. The first-order valence-electron chi connectivity index (χ1n) is 11.1. The number of carbonyl (C=O) groups excluding carboxylic acids is 2. The maximum atomic E-state index is 13.2. The molecule has 1 N–H and O–H groups in total. The van der Waals surface area contributed by atoms with Crippen molar-refractivity contribution in [1.29, 1.82) is 0 Å². The van der Waals surface area contributed by atoms with Crippen LogP contribution in [0.5, 0.6) is 0 Å². The van der Waals surface area contributed by atoms with E-state index in [-0.39, 0.29) is 11.8 Å². The van der Waals surface area contributed by atoms with E-state index in [1.165, 1.54) is 22.3 Å². The largest absolute Gasteiger partial charge is 0.354 e. The highest BCUT2D eigenvalue weighted by Crippen LogP contribution is 2.19. The summed E-state index contributed by atoms with van der Waals surface area (Å²) in [7, 11) is 0. The zero-order valence-corrected chi connectivity index (χ0v) is 20.3. The highest BCUT2D eigenvalue weighted by molar-refractivity contribution is 7.99. The van der Waals surface area contributed by atoms with E-state index >= 15 is 0 Å². The van der Waals surface area contributed by atoms with Crippen LogP contribution < -0.4 is 5.32 Å². The van der Waals surface area contributed by atoms with Crippen molar-refractivity contribution in [2.45, 2.75) is 65.8 Å². The van der Waals surface area contributed by atoms with Crippen molar-refractivity contribution in [2.75, 3.05) is 12.3 Å². The topological polar surface area (TPSA) is 49.4 Å². The number of rotatable bonds is 11. The van der Waals surface area contributed by atoms with E-state index < -0.39 is 6.04 Å². The Morgan fingerprint density at radius 2 is 1.58 bits per heavy atom. The van der Waals surface area contributed by atoms with Gasteiger partial charge in [0, 0.05) is 18.8 Å². The summed E-state index contributed by atoms with van der Waals surface area (Å²) in [6.07, 6.45) is 1.47. The molecule has 0 unspecified atom stereocenters. The fraction of sp³-hybridized carbons (Fsp3) is 0.462. The quantitative estimate of drug-likeness (QED) is 0.524. The summed E-state index contributed by atoms with van der Waals surface area (Å²) in [6.45, 7) is 11.3. The second kappa shape index (κ2) is 12.6. The van der Waals surface area contributed by atoms with Crippen LogP contribution in [0.25, 0.3) is 0 Å². The molecule has 0 heterocycles. The molecule has 31 heavy (non-hydrogen) atoms. The molecule has 0 radical (unpaired) electrons. The molecule has 0 aliphatic carbocycles. The van der Waals surface area contributed by atoms with Gasteiger partial charge in [0.2, 0.25) is 11.8 Å². The third-order valence-electron chi connectivity index (χ3n) is 5.18. The lowest BCUT2D eigenvalue weighted by atomic mass is 10.1. The predicted molar refractivity (Wildman–Crippen MR) is 131 cm³/mol. The lowest BCUT2D eigenvalue weighted by Crippen LogP contribution is -2.49. The first-order valence-corrected chi connectivity index (χ1v) is 12.3. The molecule has 4 nitrogen and oxygen atoms in total. The standard InChI is InChI=1S/C26H36N2O2S/c1-6-12-27-26(30)24(7-2)28(16-22-10-8-19(3)9-11-22)25(29)18-31-17-23-14-20(4)13-21(5)15-23/h8-11,13-15,24H,6-7,12,16-18H2,1-5H3,(H,27,30)/t24-/m0/s1. The summed E-state index contributed by atoms with van der Waals surface area (Å²) >= 11 is 1.61. The Kier molecular flexibility index (Phi) is 10.1. The Hall–Kier alpha value is -2.27. The van der Waals surface area contributed by atoms with Crippen LogP contribution >= 0.6 is 11.8 Å². The molecule has 0 spiro atoms. The highest BCUT2D eigenvalue weighted by Gasteiger charge is 2.28. The minimum absolute atomic E-state index is 0.00782. The lowest BCUT2D eigenvalue weighted by Gasteiger charge is -2.30. The molecule has 168 valence electrons. The molecule has 1 atom stereocenters. The fourth-order valence-electron chi connectivity index (χ4n) is 3.67. The molecule has 0 aliphatic heterocycles. The summed E-state index contributed by atoms with van der Waals surface area (Å²) in [5, 5.41) is 2.97. The molecule has 2 rings (SSSR count). The van der Waals surface area contributed by atoms with Gasteiger partial charge in [0.1, 0.15) is 6.04 Å². The van der Waals surface area contributed by atoms with E-state index in [1.807, 2.05) is 45.0 Å². The van der Waals surface area contributed by atoms with Gasteiger partial charge in [-0.2, -0.15) is 0 Å². The SMILES string of the molecule is CCCNC(=O)[C@H](CC)N(Cc1ccc(C)cc1)C(=O)CSCc1cc(C)cc(C)c1. The van der Waals surface area contributed by atoms with Crippen LogP contribution in [0.3, 0.4) is 0 Å². The van der Waals surface area contributed by atoms with Gasteiger partial charge >= 0.3 is 0 Å². The van der Waals surface area contributed by atoms with Crippen LogP contribution in [-0.2, 0) is 21.9 Å². The van der Waals surface area contributed by atoms with Crippen LogP contribution in [0.2, 0.25) is 0 Å². The number of hydrogen-bond acceptors (Lipinski definition) is 3. The van der Waals surface area contributed by atoms with Crippen LogP contribution in [0.4, 0.5) is 0 Å². The molecule has 0 aliphatic rings. The molecular weight excluding hydrogens is 404 g/mol. The Morgan fingerprint density at radius 1 is 0.935 bits per heavy atom. The van der Waals surface area contributed by atoms with Crippen LogP contribution in [0, 0.1) is 20.8 Å². The first kappa shape index (κ1) is 25.0. The zero-order chi connectivity index (χ0) is 22.8. The Bertz CT molecular complexity index is 844. The number of hydrogen-bond donors (Lipinski definition) is 1. The maximum absolute atomic E-state index is 13.2. The Labute approximate surface area is 191 Å². The van der Waals surface area contributed by atoms with Gasteiger partial charge in [0.05, 0.1) is 5.75 Å². The maximum Gasteiger partial charge on any atom is 0.242 e. The number of amides is 2. The average molecular weight is 441 g/mol. The number of nitrogens with zero attached hydrogens (tertiary/aromatic N) is 1. The molecule has 2 aromatic carbocycles. The third kappa shape index (κ3) is 8.06. The van der Waals surface area contributed by atoms with Crippen molar-refractivity contribution in [3.63, 3.8) is 0 Å². The monoisotopic (exact) mass is 440 g/mol. The summed E-state index contributed by atoms with van der Waals surface area (Å²) in [5.41, 5.74) is 5.93. The normalized spacial score (nSPS) is 11.8. The number of thioether (sulfide) groups is 1. The number of aryl methyl sites for hydroxylation is 3. The van der Waals surface area contributed by atoms with Crippen molar-refractivity contribution in [3.05, 3.63) is 70.3 Å². The van der Waals surface area contributed by atoms with Crippen molar-refractivity contribution >= 4 is 23.6 Å². The van der Waals surface area contributed by atoms with Crippen molar-refractivity contribution in [1.82, 2.24) is 10.2 Å². The molecule has 0 saturated carbocycles. The van der Waals surface area contributed by atoms with E-state index in [0.29, 0.717) is 25.3 Å². The van der Waals surface area contributed by atoms with Crippen LogP contribution in [0.1, 0.15) is 54.5 Å². The highest BCUT2D eigenvalue weighted by atomic mass is 32.2. The Morgan fingerprint density at radius 3 is 2.16 bits per heavy atom. The van der Waals surface area contributed by atoms with Gasteiger partial charge in [-0.05, 0) is 44.7 Å². The molecular formula is C26H36N2O2S. The van der Waals surface area contributed by atoms with E-state index in [2.05, 4.69) is 37.4 Å².